The van der Waals surface area contributed by atoms with E-state index in [1.54, 1.807) is 6.07 Å². The third-order valence-corrected chi connectivity index (χ3v) is 4.15. The van der Waals surface area contributed by atoms with E-state index in [4.69, 9.17) is 0 Å². The van der Waals surface area contributed by atoms with Crippen LogP contribution in [0.3, 0.4) is 0 Å². The molecule has 5 heteroatoms. The quantitative estimate of drug-likeness (QED) is 0.442. The molecule has 0 spiro atoms. The lowest BCUT2D eigenvalue weighted by atomic mass is 10.00. The number of benzene rings is 3. The maximum absolute atomic E-state index is 11.5. The van der Waals surface area contributed by atoms with Crippen LogP contribution in [0.15, 0.2) is 48.5 Å². The van der Waals surface area contributed by atoms with Gasteiger partial charge in [0.05, 0.1) is 4.92 Å². The molecule has 0 atom stereocenters. The number of nitro groups is 1. The summed E-state index contributed by atoms with van der Waals surface area (Å²) in [5.74, 6) is -0.329. The molecule has 1 amide bonds. The number of fused-ring (bicyclic) bond motifs is 3. The van der Waals surface area contributed by atoms with Crippen LogP contribution in [0.4, 0.5) is 11.4 Å². The molecule has 1 aliphatic carbocycles. The van der Waals surface area contributed by atoms with Crippen molar-refractivity contribution in [1.82, 2.24) is 0 Å². The van der Waals surface area contributed by atoms with E-state index >= 15 is 0 Å². The number of nitro benzene ring substituents is 1. The van der Waals surface area contributed by atoms with E-state index < -0.39 is 4.92 Å². The van der Waals surface area contributed by atoms with Crippen molar-refractivity contribution in [2.45, 2.75) is 6.92 Å². The first-order valence-corrected chi connectivity index (χ1v) is 7.19. The van der Waals surface area contributed by atoms with Gasteiger partial charge in [-0.05, 0) is 27.6 Å². The summed E-state index contributed by atoms with van der Waals surface area (Å²) >= 11 is 0. The van der Waals surface area contributed by atoms with Crippen LogP contribution >= 0.6 is 0 Å². The Kier molecular flexibility index (Phi) is 2.72. The number of nitrogens with one attached hydrogen (secondary N) is 1. The monoisotopic (exact) mass is 304 g/mol. The topological polar surface area (TPSA) is 72.2 Å². The van der Waals surface area contributed by atoms with Gasteiger partial charge in [-0.15, -0.1) is 0 Å². The molecule has 1 aliphatic rings. The van der Waals surface area contributed by atoms with E-state index in [1.165, 1.54) is 6.92 Å². The Morgan fingerprint density at radius 3 is 2.30 bits per heavy atom. The summed E-state index contributed by atoms with van der Waals surface area (Å²) in [4.78, 5) is 22.6. The van der Waals surface area contributed by atoms with Crippen molar-refractivity contribution in [1.29, 1.82) is 0 Å². The molecule has 0 bridgehead atoms. The van der Waals surface area contributed by atoms with Crippen LogP contribution in [0.1, 0.15) is 6.92 Å². The smallest absolute Gasteiger partial charge is 0.294 e. The molecule has 5 nitrogen and oxygen atoms in total. The van der Waals surface area contributed by atoms with Gasteiger partial charge in [0.25, 0.3) is 5.69 Å². The molecule has 0 heterocycles. The van der Waals surface area contributed by atoms with Crippen LogP contribution in [0, 0.1) is 10.1 Å². The van der Waals surface area contributed by atoms with Crippen LogP contribution < -0.4 is 5.32 Å². The lowest BCUT2D eigenvalue weighted by Gasteiger charge is -2.10. The molecule has 4 rings (SSSR count). The fourth-order valence-electron chi connectivity index (χ4n) is 3.31. The molecule has 23 heavy (non-hydrogen) atoms. The van der Waals surface area contributed by atoms with Crippen LogP contribution in [0.2, 0.25) is 0 Å². The minimum absolute atomic E-state index is 0.0865. The molecule has 112 valence electrons. The first-order chi connectivity index (χ1) is 11.1. The van der Waals surface area contributed by atoms with Gasteiger partial charge in [0, 0.05) is 18.4 Å². The van der Waals surface area contributed by atoms with Crippen LogP contribution in [-0.4, -0.2) is 10.8 Å². The molecule has 1 N–H and O–H groups in total. The summed E-state index contributed by atoms with van der Waals surface area (Å²) in [6.07, 6.45) is 0. The fraction of sp³-hybridized carbons (Fsp3) is 0.0556. The number of rotatable bonds is 2. The zero-order valence-electron chi connectivity index (χ0n) is 12.3. The van der Waals surface area contributed by atoms with Gasteiger partial charge in [-0.3, -0.25) is 14.9 Å². The molecule has 3 aromatic carbocycles. The zero-order chi connectivity index (χ0) is 16.1. The lowest BCUT2D eigenvalue weighted by molar-refractivity contribution is -0.383. The van der Waals surface area contributed by atoms with Crippen LogP contribution in [0.5, 0.6) is 0 Å². The van der Waals surface area contributed by atoms with Crippen molar-refractivity contribution >= 4 is 28.1 Å². The Morgan fingerprint density at radius 1 is 1.00 bits per heavy atom. The van der Waals surface area contributed by atoms with Gasteiger partial charge in [0.15, 0.2) is 0 Å². The Bertz CT molecular complexity index is 1010. The second-order valence-corrected chi connectivity index (χ2v) is 5.53. The first kappa shape index (κ1) is 13.5. The highest BCUT2D eigenvalue weighted by Crippen LogP contribution is 2.51. The number of nitrogens with zero attached hydrogens (tertiary/aromatic N) is 1. The molecule has 0 saturated heterocycles. The fourth-order valence-corrected chi connectivity index (χ4v) is 3.31. The van der Waals surface area contributed by atoms with Gasteiger partial charge in [-0.2, -0.15) is 0 Å². The van der Waals surface area contributed by atoms with E-state index in [-0.39, 0.29) is 17.3 Å². The van der Waals surface area contributed by atoms with Crippen molar-refractivity contribution in [3.05, 3.63) is 58.6 Å². The third-order valence-electron chi connectivity index (χ3n) is 4.15. The summed E-state index contributed by atoms with van der Waals surface area (Å²) in [6, 6.07) is 15.1. The summed E-state index contributed by atoms with van der Waals surface area (Å²) in [5.41, 5.74) is 4.09. The minimum Gasteiger partial charge on any atom is -0.320 e. The number of anilines is 1. The molecule has 3 aromatic rings. The highest BCUT2D eigenvalue weighted by Gasteiger charge is 2.28. The van der Waals surface area contributed by atoms with Gasteiger partial charge in [-0.1, -0.05) is 42.5 Å². The van der Waals surface area contributed by atoms with Gasteiger partial charge in [0.2, 0.25) is 5.91 Å². The molecular weight excluding hydrogens is 292 g/mol. The average molecular weight is 304 g/mol. The highest BCUT2D eigenvalue weighted by molar-refractivity contribution is 6.21. The number of hydrogen-bond donors (Lipinski definition) is 1. The van der Waals surface area contributed by atoms with E-state index in [9.17, 15) is 14.9 Å². The standard InChI is InChI=1S/C18H12N2O3/c1-10(21)19-18-14-8-4-7-13-11-5-2-3-6-12(11)15(17(13)14)9-16(18)20(22)23/h2-9H,1H3,(H,19,21). The Hall–Kier alpha value is -3.21. The van der Waals surface area contributed by atoms with Crippen molar-refractivity contribution in [2.75, 3.05) is 5.32 Å². The Balaban J connectivity index is 2.17. The van der Waals surface area contributed by atoms with Crippen LogP contribution in [0.25, 0.3) is 33.0 Å². The summed E-state index contributed by atoms with van der Waals surface area (Å²) in [5, 5.41) is 15.8. The van der Waals surface area contributed by atoms with Crippen molar-refractivity contribution in [3.63, 3.8) is 0 Å². The molecule has 0 aromatic heterocycles. The molecule has 0 fully saturated rings. The third kappa shape index (κ3) is 1.83. The normalized spacial score (nSPS) is 11.3. The number of carbonyl (C=O) groups is 1. The predicted molar refractivity (Wildman–Crippen MR) is 89.3 cm³/mol. The van der Waals surface area contributed by atoms with Crippen molar-refractivity contribution in [2.24, 2.45) is 0 Å². The van der Waals surface area contributed by atoms with Gasteiger partial charge in [-0.25, -0.2) is 0 Å². The van der Waals surface area contributed by atoms with E-state index in [0.29, 0.717) is 5.39 Å². The maximum Gasteiger partial charge on any atom is 0.294 e. The largest absolute Gasteiger partial charge is 0.320 e. The van der Waals surface area contributed by atoms with E-state index in [1.807, 2.05) is 42.5 Å². The first-order valence-electron chi connectivity index (χ1n) is 7.19. The van der Waals surface area contributed by atoms with E-state index in [0.717, 1.165) is 27.6 Å². The summed E-state index contributed by atoms with van der Waals surface area (Å²) < 4.78 is 0. The molecule has 0 aliphatic heterocycles. The number of carbonyl (C=O) groups excluding carboxylic acids is 1. The van der Waals surface area contributed by atoms with Crippen LogP contribution in [-0.2, 0) is 4.79 Å². The zero-order valence-corrected chi connectivity index (χ0v) is 12.3. The minimum atomic E-state index is -0.450. The number of hydrogen-bond acceptors (Lipinski definition) is 3. The summed E-state index contributed by atoms with van der Waals surface area (Å²) in [7, 11) is 0. The Morgan fingerprint density at radius 2 is 1.65 bits per heavy atom. The second-order valence-electron chi connectivity index (χ2n) is 5.53. The highest BCUT2D eigenvalue weighted by atomic mass is 16.6. The Labute approximate surface area is 131 Å². The molecule has 0 unspecified atom stereocenters. The van der Waals surface area contributed by atoms with Crippen molar-refractivity contribution < 1.29 is 9.72 Å². The second kappa shape index (κ2) is 4.64. The van der Waals surface area contributed by atoms with Gasteiger partial charge >= 0.3 is 0 Å². The summed E-state index contributed by atoms with van der Waals surface area (Å²) in [6.45, 7) is 1.35. The maximum atomic E-state index is 11.5. The molecular formula is C18H12N2O3. The SMILES string of the molecule is CC(=O)Nc1c([N+](=O)[O-])cc2c3c(cccc13)-c1ccccc1-2. The molecule has 0 radical (unpaired) electrons. The molecule has 0 saturated carbocycles. The van der Waals surface area contributed by atoms with E-state index in [2.05, 4.69) is 5.32 Å². The lowest BCUT2D eigenvalue weighted by Crippen LogP contribution is -2.08. The number of amides is 1. The van der Waals surface area contributed by atoms with Gasteiger partial charge in [0.1, 0.15) is 5.69 Å². The van der Waals surface area contributed by atoms with Gasteiger partial charge < -0.3 is 5.32 Å². The predicted octanol–water partition coefficient (Wildman–Crippen LogP) is 4.35. The average Bonchev–Trinajstić information content (AvgIpc) is 2.85. The van der Waals surface area contributed by atoms with Crippen molar-refractivity contribution in [3.8, 4) is 22.3 Å².